The highest BCUT2D eigenvalue weighted by Crippen LogP contribution is 2.37. The van der Waals surface area contributed by atoms with Crippen molar-refractivity contribution >= 4 is 43.6 Å². The van der Waals surface area contributed by atoms with Gasteiger partial charge < -0.3 is 0 Å². The third kappa shape index (κ3) is 5.98. The first kappa shape index (κ1) is 20.7. The zero-order chi connectivity index (χ0) is 58.4. The molecule has 5 nitrogen and oxygen atoms in total. The minimum atomic E-state index is -0.823. The van der Waals surface area contributed by atoms with E-state index in [0.717, 1.165) is 42.5 Å². The second kappa shape index (κ2) is 14.7. The van der Waals surface area contributed by atoms with Crippen LogP contribution in [0.25, 0.3) is 111 Å². The molecule has 3 aromatic heterocycles. The van der Waals surface area contributed by atoms with Gasteiger partial charge in [-0.25, -0.2) is 0 Å². The highest BCUT2D eigenvalue weighted by molar-refractivity contribution is 6.11. The van der Waals surface area contributed by atoms with Gasteiger partial charge in [-0.05, 0) is 68.7 Å². The number of aromatic nitrogens is 5. The average molecular weight is 812 g/mol. The number of fused-ring (bicyclic) bond motifs is 6. The Balaban J connectivity index is 1.17. The molecule has 5 heteroatoms. The molecule has 0 N–H and O–H groups in total. The minimum Gasteiger partial charge on any atom is -0.278 e. The van der Waals surface area contributed by atoms with Crippen LogP contribution < -0.4 is 0 Å². The van der Waals surface area contributed by atoms with Crippen LogP contribution in [0.1, 0.15) is 27.4 Å². The molecule has 0 fully saturated rings. The maximum Gasteiger partial charge on any atom is 0.240 e. The summed E-state index contributed by atoms with van der Waals surface area (Å²) in [6.45, 7) is 0. The van der Waals surface area contributed by atoms with Crippen molar-refractivity contribution in [2.45, 2.75) is 0 Å². The lowest BCUT2D eigenvalue weighted by molar-refractivity contribution is 0.893. The molecular weight excluding hydrogens is 755 g/mol. The lowest BCUT2D eigenvalue weighted by Crippen LogP contribution is -2.10. The standard InChI is InChI=1S/C57H37N5/c1-3-15-38(16-4-1)44-35-36-50-49-23-11-14-26-53(49)62(54(50)37-44)57-59-55(58-56(60-57)61-51-24-12-9-21-47(51)48-22-10-13-25-52(48)61)43-33-29-40(30-34-43)39-27-31-42(32-28-39)46-20-8-7-19-45(46)41-17-5-2-6-18-41/h1-37H/i1D,3D,4D,9D,10D,11D,12D,13D,14D,15D,16D,21D,22D,23D,24D,25D,26D,35D,36D,37D. The van der Waals surface area contributed by atoms with Gasteiger partial charge >= 0.3 is 0 Å². The van der Waals surface area contributed by atoms with Crippen molar-refractivity contribution in [1.82, 2.24) is 24.1 Å². The molecule has 0 aliphatic carbocycles. The lowest BCUT2D eigenvalue weighted by atomic mass is 9.93. The molecule has 9 aromatic carbocycles. The second-order valence-corrected chi connectivity index (χ2v) is 14.1. The molecule has 290 valence electrons. The van der Waals surface area contributed by atoms with E-state index in [-0.39, 0.29) is 38.6 Å². The Bertz CT molecular complexity index is 4690. The summed E-state index contributed by atoms with van der Waals surface area (Å²) in [5.74, 6) is -1.37. The van der Waals surface area contributed by atoms with Crippen molar-refractivity contribution < 1.29 is 27.4 Å². The van der Waals surface area contributed by atoms with E-state index in [0.29, 0.717) is 0 Å². The van der Waals surface area contributed by atoms with Crippen molar-refractivity contribution in [1.29, 1.82) is 0 Å². The van der Waals surface area contributed by atoms with Gasteiger partial charge in [-0.2, -0.15) is 15.0 Å². The van der Waals surface area contributed by atoms with Gasteiger partial charge in [0.25, 0.3) is 0 Å². The zero-order valence-electron chi connectivity index (χ0n) is 52.1. The number of hydrogen-bond acceptors (Lipinski definition) is 3. The molecule has 0 saturated carbocycles. The Kier molecular flexibility index (Phi) is 4.91. The van der Waals surface area contributed by atoms with E-state index in [9.17, 15) is 9.60 Å². The van der Waals surface area contributed by atoms with Crippen molar-refractivity contribution in [2.24, 2.45) is 0 Å². The van der Waals surface area contributed by atoms with E-state index in [1.165, 1.54) is 0 Å². The van der Waals surface area contributed by atoms with Crippen molar-refractivity contribution in [3.05, 3.63) is 224 Å². The Morgan fingerprint density at radius 3 is 1.31 bits per heavy atom. The molecule has 0 unspecified atom stereocenters. The molecule has 0 radical (unpaired) electrons. The molecule has 0 amide bonds. The van der Waals surface area contributed by atoms with Crippen LogP contribution in [0.2, 0.25) is 0 Å². The Labute approximate surface area is 386 Å². The Morgan fingerprint density at radius 2 is 0.742 bits per heavy atom. The quantitative estimate of drug-likeness (QED) is 0.161. The molecule has 0 atom stereocenters. The summed E-state index contributed by atoms with van der Waals surface area (Å²) in [5.41, 5.74) is 2.92. The van der Waals surface area contributed by atoms with Gasteiger partial charge in [-0.3, -0.25) is 9.13 Å². The first-order chi connectivity index (χ1) is 39.1. The normalized spacial score (nSPS) is 16.1. The number of rotatable bonds is 7. The van der Waals surface area contributed by atoms with Crippen LogP contribution in [0.15, 0.2) is 224 Å². The predicted octanol–water partition coefficient (Wildman–Crippen LogP) is 14.4. The van der Waals surface area contributed by atoms with Gasteiger partial charge in [0.2, 0.25) is 11.9 Å². The third-order valence-electron chi connectivity index (χ3n) is 10.6. The SMILES string of the molecule is [2H]c1c([2H])c([2H])c(-c2c([2H])c([2H])c3c4c([2H])c([2H])c([2H])c([2H])c4n(-c4nc(-c5ccc(-c6ccc(-c7ccccc7-c7ccccc7)cc6)cc5)nc(-n5c6c([2H])c([2H])c([2H])c([2H])c6c6c([2H])c([2H])c([2H])c([2H])c65)n4)c3c2[2H])c([2H])c1[2H]. The van der Waals surface area contributed by atoms with Crippen LogP contribution >= 0.6 is 0 Å². The molecule has 3 heterocycles. The lowest BCUT2D eigenvalue weighted by Gasteiger charge is -2.13. The number of para-hydroxylation sites is 3. The van der Waals surface area contributed by atoms with Gasteiger partial charge in [0.15, 0.2) is 5.82 Å². The maximum atomic E-state index is 9.89. The third-order valence-corrected chi connectivity index (χ3v) is 10.6. The average Bonchev–Trinajstić information content (AvgIpc) is 2.35. The highest BCUT2D eigenvalue weighted by atomic mass is 15.3. The first-order valence-electron chi connectivity index (χ1n) is 29.3. The van der Waals surface area contributed by atoms with Crippen molar-refractivity contribution in [2.75, 3.05) is 0 Å². The van der Waals surface area contributed by atoms with E-state index in [1.54, 1.807) is 24.3 Å². The number of nitrogens with zero attached hydrogens (tertiary/aromatic N) is 5. The topological polar surface area (TPSA) is 48.5 Å². The van der Waals surface area contributed by atoms with Crippen molar-refractivity contribution in [3.8, 4) is 67.8 Å². The van der Waals surface area contributed by atoms with Gasteiger partial charge in [-0.1, -0.05) is 200 Å². The molecule has 12 aromatic rings. The van der Waals surface area contributed by atoms with Gasteiger partial charge in [0.1, 0.15) is 0 Å². The molecule has 62 heavy (non-hydrogen) atoms. The fourth-order valence-corrected chi connectivity index (χ4v) is 7.77. The van der Waals surface area contributed by atoms with E-state index in [4.69, 9.17) is 32.8 Å². The van der Waals surface area contributed by atoms with E-state index in [2.05, 4.69) is 6.07 Å². The monoisotopic (exact) mass is 811 g/mol. The van der Waals surface area contributed by atoms with Crippen LogP contribution in [-0.4, -0.2) is 24.1 Å². The highest BCUT2D eigenvalue weighted by Gasteiger charge is 2.21. The first-order valence-corrected chi connectivity index (χ1v) is 19.3. The van der Waals surface area contributed by atoms with E-state index in [1.807, 2.05) is 72.8 Å². The van der Waals surface area contributed by atoms with Crippen molar-refractivity contribution in [3.63, 3.8) is 0 Å². The fraction of sp³-hybridized carbons (Fsp3) is 0. The summed E-state index contributed by atoms with van der Waals surface area (Å²) in [5, 5.41) is -1.43. The largest absolute Gasteiger partial charge is 0.278 e. The van der Waals surface area contributed by atoms with Crippen LogP contribution in [-0.2, 0) is 0 Å². The summed E-state index contributed by atoms with van der Waals surface area (Å²) in [4.78, 5) is 14.5. The summed E-state index contributed by atoms with van der Waals surface area (Å²) < 4.78 is 181. The van der Waals surface area contributed by atoms with Crippen LogP contribution in [0.3, 0.4) is 0 Å². The molecule has 0 saturated heterocycles. The van der Waals surface area contributed by atoms with E-state index < -0.39 is 160 Å². The fourth-order valence-electron chi connectivity index (χ4n) is 7.77. The predicted molar refractivity (Wildman–Crippen MR) is 256 cm³/mol. The summed E-state index contributed by atoms with van der Waals surface area (Å²) in [6.07, 6.45) is 0. The second-order valence-electron chi connectivity index (χ2n) is 14.1. The zero-order valence-corrected chi connectivity index (χ0v) is 32.1. The molecule has 0 aliphatic rings. The summed E-state index contributed by atoms with van der Waals surface area (Å²) in [7, 11) is 0. The van der Waals surface area contributed by atoms with Crippen LogP contribution in [0.5, 0.6) is 0 Å². The maximum absolute atomic E-state index is 9.89. The number of hydrogen-bond donors (Lipinski definition) is 0. The van der Waals surface area contributed by atoms with Gasteiger partial charge in [-0.15, -0.1) is 0 Å². The van der Waals surface area contributed by atoms with Gasteiger partial charge in [0.05, 0.1) is 49.5 Å². The van der Waals surface area contributed by atoms with Gasteiger partial charge in [0, 0.05) is 27.1 Å². The molecular formula is C57H37N5. The molecule has 0 bridgehead atoms. The minimum absolute atomic E-state index is 0.229. The van der Waals surface area contributed by atoms with E-state index >= 15 is 0 Å². The van der Waals surface area contributed by atoms with Crippen LogP contribution in [0.4, 0.5) is 0 Å². The summed E-state index contributed by atoms with van der Waals surface area (Å²) >= 11 is 0. The molecule has 0 spiro atoms. The Morgan fingerprint density at radius 1 is 0.306 bits per heavy atom. The Hall–Kier alpha value is -8.41. The summed E-state index contributed by atoms with van der Waals surface area (Å²) in [6, 6.07) is 17.7. The smallest absolute Gasteiger partial charge is 0.240 e. The molecule has 0 aliphatic heterocycles. The van der Waals surface area contributed by atoms with Crippen LogP contribution in [0, 0.1) is 0 Å². The molecule has 12 rings (SSSR count). The number of benzene rings is 9.